The largest absolute Gasteiger partial charge is 0.231 e. The molecule has 1 atom stereocenters. The third-order valence-electron chi connectivity index (χ3n) is 6.18. The standard InChI is InChI=1S/C30H23N3S/c1-4-10-22(11-5-1)23-16-18-25(19-17-23)28-21-34-30(31-28)33-29(26-14-8-3-9-15-26)20-27(32-33)24-12-6-2-7-13-24/h1-19,21,29H,20H2. The van der Waals surface area contributed by atoms with Crippen molar-refractivity contribution < 1.29 is 0 Å². The van der Waals surface area contributed by atoms with Crippen molar-refractivity contribution in [3.63, 3.8) is 0 Å². The smallest absolute Gasteiger partial charge is 0.207 e. The molecule has 1 unspecified atom stereocenters. The van der Waals surface area contributed by atoms with Gasteiger partial charge in [-0.05, 0) is 22.3 Å². The van der Waals surface area contributed by atoms with Crippen LogP contribution in [0.15, 0.2) is 126 Å². The van der Waals surface area contributed by atoms with Crippen LogP contribution in [0.5, 0.6) is 0 Å². The topological polar surface area (TPSA) is 28.5 Å². The van der Waals surface area contributed by atoms with E-state index >= 15 is 0 Å². The van der Waals surface area contributed by atoms with Crippen LogP contribution in [0.1, 0.15) is 23.6 Å². The highest BCUT2D eigenvalue weighted by Crippen LogP contribution is 2.39. The van der Waals surface area contributed by atoms with Crippen LogP contribution >= 0.6 is 11.3 Å². The number of anilines is 1. The molecule has 164 valence electrons. The van der Waals surface area contributed by atoms with Gasteiger partial charge in [-0.3, -0.25) is 0 Å². The van der Waals surface area contributed by atoms with E-state index in [-0.39, 0.29) is 6.04 Å². The summed E-state index contributed by atoms with van der Waals surface area (Å²) in [5.41, 5.74) is 8.04. The molecule has 4 heteroatoms. The maximum atomic E-state index is 5.05. The zero-order valence-electron chi connectivity index (χ0n) is 18.6. The third-order valence-corrected chi connectivity index (χ3v) is 7.01. The van der Waals surface area contributed by atoms with Crippen LogP contribution in [0.3, 0.4) is 0 Å². The Morgan fingerprint density at radius 2 is 1.18 bits per heavy atom. The molecule has 0 bridgehead atoms. The molecule has 0 spiro atoms. The zero-order valence-corrected chi connectivity index (χ0v) is 19.4. The van der Waals surface area contributed by atoms with E-state index in [1.807, 2.05) is 12.1 Å². The van der Waals surface area contributed by atoms with Crippen molar-refractivity contribution in [2.45, 2.75) is 12.5 Å². The van der Waals surface area contributed by atoms with Gasteiger partial charge in [0.1, 0.15) is 0 Å². The van der Waals surface area contributed by atoms with Gasteiger partial charge >= 0.3 is 0 Å². The van der Waals surface area contributed by atoms with Crippen molar-refractivity contribution in [3.8, 4) is 22.4 Å². The monoisotopic (exact) mass is 457 g/mol. The molecular formula is C30H23N3S. The number of thiazole rings is 1. The van der Waals surface area contributed by atoms with Crippen molar-refractivity contribution >= 4 is 22.2 Å². The van der Waals surface area contributed by atoms with Gasteiger partial charge in [0.15, 0.2) is 0 Å². The molecule has 0 aliphatic carbocycles. The summed E-state index contributed by atoms with van der Waals surface area (Å²) < 4.78 is 0. The Kier molecular flexibility index (Phi) is 5.50. The van der Waals surface area contributed by atoms with Crippen LogP contribution in [0.2, 0.25) is 0 Å². The van der Waals surface area contributed by atoms with Crippen molar-refractivity contribution in [2.75, 3.05) is 5.01 Å². The minimum Gasteiger partial charge on any atom is -0.231 e. The van der Waals surface area contributed by atoms with Gasteiger partial charge in [-0.2, -0.15) is 5.10 Å². The lowest BCUT2D eigenvalue weighted by Crippen LogP contribution is -2.18. The van der Waals surface area contributed by atoms with Crippen molar-refractivity contribution in [2.24, 2.45) is 5.10 Å². The van der Waals surface area contributed by atoms with E-state index in [4.69, 9.17) is 10.1 Å². The van der Waals surface area contributed by atoms with Crippen molar-refractivity contribution in [1.29, 1.82) is 0 Å². The first kappa shape index (κ1) is 20.6. The summed E-state index contributed by atoms with van der Waals surface area (Å²) in [6, 6.07) is 40.3. The van der Waals surface area contributed by atoms with E-state index < -0.39 is 0 Å². The molecule has 1 aliphatic heterocycles. The Balaban J connectivity index is 1.32. The first-order chi connectivity index (χ1) is 16.8. The molecule has 0 amide bonds. The highest BCUT2D eigenvalue weighted by atomic mass is 32.1. The molecule has 34 heavy (non-hydrogen) atoms. The predicted molar refractivity (Wildman–Crippen MR) is 142 cm³/mol. The van der Waals surface area contributed by atoms with Crippen LogP contribution < -0.4 is 5.01 Å². The van der Waals surface area contributed by atoms with E-state index in [1.54, 1.807) is 11.3 Å². The van der Waals surface area contributed by atoms with Gasteiger partial charge in [-0.25, -0.2) is 9.99 Å². The highest BCUT2D eigenvalue weighted by Gasteiger charge is 2.31. The third kappa shape index (κ3) is 4.04. The maximum absolute atomic E-state index is 5.05. The number of nitrogens with zero attached hydrogens (tertiary/aromatic N) is 3. The molecular weight excluding hydrogens is 434 g/mol. The fourth-order valence-corrected chi connectivity index (χ4v) is 5.23. The fourth-order valence-electron chi connectivity index (χ4n) is 4.39. The van der Waals surface area contributed by atoms with Crippen LogP contribution in [0.4, 0.5) is 5.13 Å². The molecule has 4 aromatic carbocycles. The number of hydrogen-bond donors (Lipinski definition) is 0. The second-order valence-corrected chi connectivity index (χ2v) is 9.18. The minimum absolute atomic E-state index is 0.135. The SMILES string of the molecule is c1ccc(C2=NN(c3nc(-c4ccc(-c5ccccc5)cc4)cs3)C(c3ccccc3)C2)cc1. The average molecular weight is 458 g/mol. The first-order valence-corrected chi connectivity index (χ1v) is 12.3. The molecule has 6 rings (SSSR count). The van der Waals surface area contributed by atoms with E-state index in [2.05, 4.69) is 114 Å². The predicted octanol–water partition coefficient (Wildman–Crippen LogP) is 7.83. The van der Waals surface area contributed by atoms with E-state index in [0.29, 0.717) is 0 Å². The molecule has 0 radical (unpaired) electrons. The number of hydrogen-bond acceptors (Lipinski definition) is 4. The Hall–Kier alpha value is -4.02. The summed E-state index contributed by atoms with van der Waals surface area (Å²) >= 11 is 1.65. The fraction of sp³-hybridized carbons (Fsp3) is 0.0667. The lowest BCUT2D eigenvalue weighted by Gasteiger charge is -2.21. The van der Waals surface area contributed by atoms with Gasteiger partial charge < -0.3 is 0 Å². The van der Waals surface area contributed by atoms with Crippen LogP contribution in [-0.4, -0.2) is 10.7 Å². The van der Waals surface area contributed by atoms with Gasteiger partial charge in [-0.1, -0.05) is 115 Å². The number of rotatable bonds is 5. The first-order valence-electron chi connectivity index (χ1n) is 11.4. The highest BCUT2D eigenvalue weighted by molar-refractivity contribution is 7.14. The second kappa shape index (κ2) is 9.08. The van der Waals surface area contributed by atoms with Crippen LogP contribution in [0, 0.1) is 0 Å². The second-order valence-electron chi connectivity index (χ2n) is 8.35. The molecule has 1 aliphatic rings. The van der Waals surface area contributed by atoms with E-state index in [9.17, 15) is 0 Å². The van der Waals surface area contributed by atoms with Gasteiger partial charge in [-0.15, -0.1) is 11.3 Å². The van der Waals surface area contributed by atoms with E-state index in [0.717, 1.165) is 28.5 Å². The quantitative estimate of drug-likeness (QED) is 0.269. The average Bonchev–Trinajstić information content (AvgIpc) is 3.58. The Labute approximate surface area is 203 Å². The lowest BCUT2D eigenvalue weighted by atomic mass is 9.99. The van der Waals surface area contributed by atoms with Crippen molar-refractivity contribution in [1.82, 2.24) is 4.98 Å². The van der Waals surface area contributed by atoms with Gasteiger partial charge in [0.2, 0.25) is 5.13 Å². The summed E-state index contributed by atoms with van der Waals surface area (Å²) in [6.45, 7) is 0. The number of benzene rings is 4. The summed E-state index contributed by atoms with van der Waals surface area (Å²) in [5, 5.41) is 10.2. The number of hydrazone groups is 1. The Bertz CT molecular complexity index is 1410. The summed E-state index contributed by atoms with van der Waals surface area (Å²) in [4.78, 5) is 5.01. The van der Waals surface area contributed by atoms with Crippen LogP contribution in [-0.2, 0) is 0 Å². The zero-order chi connectivity index (χ0) is 22.7. The normalized spacial score (nSPS) is 15.4. The molecule has 0 saturated carbocycles. The Morgan fingerprint density at radius 3 is 1.85 bits per heavy atom. The summed E-state index contributed by atoms with van der Waals surface area (Å²) in [6.07, 6.45) is 0.856. The maximum Gasteiger partial charge on any atom is 0.207 e. The molecule has 0 fully saturated rings. The molecule has 2 heterocycles. The van der Waals surface area contributed by atoms with Gasteiger partial charge in [0, 0.05) is 17.4 Å². The van der Waals surface area contributed by atoms with Gasteiger partial charge in [0.05, 0.1) is 17.4 Å². The molecule has 0 saturated heterocycles. The van der Waals surface area contributed by atoms with E-state index in [1.165, 1.54) is 22.3 Å². The van der Waals surface area contributed by atoms with Gasteiger partial charge in [0.25, 0.3) is 0 Å². The molecule has 0 N–H and O–H groups in total. The molecule has 3 nitrogen and oxygen atoms in total. The minimum atomic E-state index is 0.135. The molecule has 1 aromatic heterocycles. The summed E-state index contributed by atoms with van der Waals surface area (Å²) in [5.74, 6) is 0. The summed E-state index contributed by atoms with van der Waals surface area (Å²) in [7, 11) is 0. The Morgan fingerprint density at radius 1 is 0.618 bits per heavy atom. The lowest BCUT2D eigenvalue weighted by molar-refractivity contribution is 0.706. The number of aromatic nitrogens is 1. The molecule has 5 aromatic rings. The van der Waals surface area contributed by atoms with Crippen LogP contribution in [0.25, 0.3) is 22.4 Å². The van der Waals surface area contributed by atoms with Crippen molar-refractivity contribution in [3.05, 3.63) is 132 Å².